The van der Waals surface area contributed by atoms with Gasteiger partial charge in [-0.3, -0.25) is 10.2 Å². The summed E-state index contributed by atoms with van der Waals surface area (Å²) in [5.41, 5.74) is 1.12. The number of carbonyl (C=O) groups is 1. The first-order valence-electron chi connectivity index (χ1n) is 9.15. The third-order valence-electron chi connectivity index (χ3n) is 4.68. The second kappa shape index (κ2) is 6.65. The first-order valence-corrected chi connectivity index (χ1v) is 9.15. The molecule has 1 amide bonds. The minimum atomic E-state index is -4.57. The van der Waals surface area contributed by atoms with E-state index in [1.165, 1.54) is 6.07 Å². The van der Waals surface area contributed by atoms with Crippen molar-refractivity contribution in [3.05, 3.63) is 42.0 Å². The Hall–Kier alpha value is -2.28. The Bertz CT molecular complexity index is 901. The summed E-state index contributed by atoms with van der Waals surface area (Å²) in [7, 11) is 0. The highest BCUT2D eigenvalue weighted by molar-refractivity contribution is 5.91. The number of rotatable bonds is 3. The summed E-state index contributed by atoms with van der Waals surface area (Å²) >= 11 is 0. The number of carbonyl (C=O) groups excluding carboxylic acids is 1. The van der Waals surface area contributed by atoms with Crippen molar-refractivity contribution in [3.8, 4) is 5.75 Å². The molecule has 0 aromatic heterocycles. The van der Waals surface area contributed by atoms with Crippen LogP contribution in [-0.2, 0) is 4.79 Å². The number of halogens is 3. The molecule has 0 bridgehead atoms. The molecule has 1 atom stereocenters. The van der Waals surface area contributed by atoms with E-state index >= 15 is 0 Å². The number of benzene rings is 2. The molecule has 7 heteroatoms. The summed E-state index contributed by atoms with van der Waals surface area (Å²) in [6.07, 6.45) is -4.57. The number of hydrogen-bond donors (Lipinski definition) is 1. The smallest absolute Gasteiger partial charge is 0.409 e. The van der Waals surface area contributed by atoms with Crippen molar-refractivity contribution in [2.24, 2.45) is 5.41 Å². The Labute approximate surface area is 162 Å². The molecule has 4 nitrogen and oxygen atoms in total. The Morgan fingerprint density at radius 2 is 1.68 bits per heavy atom. The van der Waals surface area contributed by atoms with Crippen molar-refractivity contribution in [1.29, 1.82) is 0 Å². The van der Waals surface area contributed by atoms with E-state index in [0.29, 0.717) is 16.5 Å². The van der Waals surface area contributed by atoms with E-state index in [9.17, 15) is 18.0 Å². The van der Waals surface area contributed by atoms with Crippen molar-refractivity contribution in [2.75, 3.05) is 6.54 Å². The fourth-order valence-electron chi connectivity index (χ4n) is 3.45. The van der Waals surface area contributed by atoms with Gasteiger partial charge in [0.15, 0.2) is 6.04 Å². The van der Waals surface area contributed by atoms with Crippen LogP contribution < -0.4 is 10.2 Å². The predicted octanol–water partition coefficient (Wildman–Crippen LogP) is 4.99. The molecule has 0 radical (unpaired) electrons. The average molecular weight is 394 g/mol. The molecule has 152 valence electrons. The lowest BCUT2D eigenvalue weighted by Crippen LogP contribution is -2.43. The van der Waals surface area contributed by atoms with Gasteiger partial charge in [0.25, 0.3) is 0 Å². The zero-order valence-corrected chi connectivity index (χ0v) is 16.6. The first-order chi connectivity index (χ1) is 12.8. The third kappa shape index (κ3) is 3.94. The van der Waals surface area contributed by atoms with Crippen LogP contribution in [0.3, 0.4) is 0 Å². The highest BCUT2D eigenvalue weighted by Crippen LogP contribution is 2.44. The van der Waals surface area contributed by atoms with Crippen molar-refractivity contribution in [2.45, 2.75) is 52.4 Å². The number of hydrazine groups is 1. The van der Waals surface area contributed by atoms with Crippen LogP contribution in [0.4, 0.5) is 13.2 Å². The van der Waals surface area contributed by atoms with Crippen LogP contribution in [0.5, 0.6) is 5.75 Å². The van der Waals surface area contributed by atoms with Crippen molar-refractivity contribution < 1.29 is 22.7 Å². The summed E-state index contributed by atoms with van der Waals surface area (Å²) in [6, 6.07) is 7.94. The van der Waals surface area contributed by atoms with Gasteiger partial charge < -0.3 is 4.74 Å². The number of ether oxygens (including phenoxy) is 1. The number of hydrogen-bond acceptors (Lipinski definition) is 3. The Morgan fingerprint density at radius 3 is 2.18 bits per heavy atom. The average Bonchev–Trinajstić information content (AvgIpc) is 2.80. The van der Waals surface area contributed by atoms with Crippen LogP contribution in [0.2, 0.25) is 0 Å². The van der Waals surface area contributed by atoms with Crippen LogP contribution in [0.25, 0.3) is 10.8 Å². The van der Waals surface area contributed by atoms with Crippen LogP contribution >= 0.6 is 0 Å². The topological polar surface area (TPSA) is 41.6 Å². The maximum Gasteiger partial charge on any atom is 0.409 e. The largest absolute Gasteiger partial charge is 0.488 e. The molecule has 2 aromatic rings. The van der Waals surface area contributed by atoms with Crippen LogP contribution in [0.1, 0.15) is 46.2 Å². The molecular weight excluding hydrogens is 369 g/mol. The summed E-state index contributed by atoms with van der Waals surface area (Å²) in [6.45, 7) is 8.88. The fraction of sp³-hybridized carbons (Fsp3) is 0.476. The maximum absolute atomic E-state index is 14.1. The lowest BCUT2D eigenvalue weighted by Gasteiger charge is -2.31. The molecule has 0 aliphatic carbocycles. The molecule has 28 heavy (non-hydrogen) atoms. The molecule has 1 fully saturated rings. The molecule has 1 heterocycles. The van der Waals surface area contributed by atoms with Crippen molar-refractivity contribution >= 4 is 16.7 Å². The zero-order chi connectivity index (χ0) is 20.9. The number of nitrogens with one attached hydrogen (secondary N) is 1. The number of fused-ring (bicyclic) bond motifs is 1. The van der Waals surface area contributed by atoms with Gasteiger partial charge in [-0.25, -0.2) is 5.01 Å². The predicted molar refractivity (Wildman–Crippen MR) is 102 cm³/mol. The monoisotopic (exact) mass is 394 g/mol. The Kier molecular flexibility index (Phi) is 4.86. The van der Waals surface area contributed by atoms with Crippen LogP contribution in [-0.4, -0.2) is 29.2 Å². The van der Waals surface area contributed by atoms with Crippen LogP contribution in [0, 0.1) is 5.41 Å². The van der Waals surface area contributed by atoms with Crippen molar-refractivity contribution in [3.63, 3.8) is 0 Å². The normalized spacial score (nSPS) is 18.9. The van der Waals surface area contributed by atoms with E-state index in [0.717, 1.165) is 5.01 Å². The summed E-state index contributed by atoms with van der Waals surface area (Å²) in [4.78, 5) is 12.1. The zero-order valence-electron chi connectivity index (χ0n) is 16.6. The number of nitrogens with zero attached hydrogens (tertiary/aromatic N) is 1. The highest BCUT2D eigenvalue weighted by Gasteiger charge is 2.51. The molecule has 2 aromatic carbocycles. The van der Waals surface area contributed by atoms with Gasteiger partial charge in [0.2, 0.25) is 5.91 Å². The number of amides is 1. The van der Waals surface area contributed by atoms with Gasteiger partial charge in [-0.05, 0) is 51.6 Å². The van der Waals surface area contributed by atoms with Gasteiger partial charge in [-0.2, -0.15) is 13.2 Å². The third-order valence-corrected chi connectivity index (χ3v) is 4.68. The summed E-state index contributed by atoms with van der Waals surface area (Å²) in [5.74, 6) is 0.109. The van der Waals surface area contributed by atoms with Gasteiger partial charge >= 0.3 is 6.18 Å². The molecule has 1 aliphatic rings. The van der Waals surface area contributed by atoms with E-state index in [2.05, 4.69) is 5.43 Å². The van der Waals surface area contributed by atoms with E-state index in [-0.39, 0.29) is 12.1 Å². The van der Waals surface area contributed by atoms with Crippen LogP contribution in [0.15, 0.2) is 36.4 Å². The molecule has 1 saturated heterocycles. The van der Waals surface area contributed by atoms with Gasteiger partial charge in [0.1, 0.15) is 11.4 Å². The SMILES string of the molecule is CC(C)(C)Oc1ccc(C(N2CC(C)(C)C(=O)N2)C(F)(F)F)c2ccccc12. The number of alkyl halides is 3. The molecule has 0 saturated carbocycles. The maximum atomic E-state index is 14.1. The Balaban J connectivity index is 2.14. The van der Waals surface area contributed by atoms with E-state index < -0.39 is 29.1 Å². The van der Waals surface area contributed by atoms with E-state index in [4.69, 9.17) is 4.74 Å². The Morgan fingerprint density at radius 1 is 1.07 bits per heavy atom. The summed E-state index contributed by atoms with van der Waals surface area (Å²) in [5, 5.41) is 2.05. The molecule has 3 rings (SSSR count). The molecule has 1 N–H and O–H groups in total. The lowest BCUT2D eigenvalue weighted by molar-refractivity contribution is -0.191. The lowest BCUT2D eigenvalue weighted by atomic mass is 9.93. The van der Waals surface area contributed by atoms with Gasteiger partial charge in [0, 0.05) is 11.9 Å². The highest BCUT2D eigenvalue weighted by atomic mass is 19.4. The molecule has 1 aliphatic heterocycles. The summed E-state index contributed by atoms with van der Waals surface area (Å²) < 4.78 is 48.3. The molecule has 1 unspecified atom stereocenters. The molecular formula is C21H25F3N2O2. The second-order valence-corrected chi connectivity index (χ2v) is 8.81. The minimum absolute atomic E-state index is 0.0371. The first kappa shape index (κ1) is 20.5. The fourth-order valence-corrected chi connectivity index (χ4v) is 3.45. The second-order valence-electron chi connectivity index (χ2n) is 8.81. The molecule has 0 spiro atoms. The van der Waals surface area contributed by atoms with Gasteiger partial charge in [-0.15, -0.1) is 0 Å². The standard InChI is InChI=1S/C21H25F3N2O2/c1-19(2,3)28-16-11-10-15(13-8-6-7-9-14(13)16)17(21(22,23)24)26-12-20(4,5)18(27)25-26/h6-11,17H,12H2,1-5H3,(H,25,27). The van der Waals surface area contributed by atoms with Crippen molar-refractivity contribution in [1.82, 2.24) is 10.4 Å². The van der Waals surface area contributed by atoms with E-state index in [1.807, 2.05) is 20.8 Å². The van der Waals surface area contributed by atoms with Gasteiger partial charge in [-0.1, -0.05) is 30.3 Å². The minimum Gasteiger partial charge on any atom is -0.488 e. The quantitative estimate of drug-likeness (QED) is 0.797. The van der Waals surface area contributed by atoms with Gasteiger partial charge in [0.05, 0.1) is 5.41 Å². The van der Waals surface area contributed by atoms with E-state index in [1.54, 1.807) is 44.2 Å².